The van der Waals surface area contributed by atoms with Gasteiger partial charge in [0.05, 0.1) is 6.20 Å². The van der Waals surface area contributed by atoms with Crippen LogP contribution in [0.3, 0.4) is 0 Å². The van der Waals surface area contributed by atoms with Crippen molar-refractivity contribution in [3.63, 3.8) is 0 Å². The summed E-state index contributed by atoms with van der Waals surface area (Å²) in [6.07, 6.45) is 1.66. The molecule has 0 aliphatic heterocycles. The molecule has 0 aliphatic rings. The van der Waals surface area contributed by atoms with Crippen LogP contribution in [0, 0.1) is 13.8 Å². The van der Waals surface area contributed by atoms with E-state index in [2.05, 4.69) is 56.9 Å². The number of hydrogen-bond acceptors (Lipinski definition) is 5. The van der Waals surface area contributed by atoms with Gasteiger partial charge in [0, 0.05) is 12.2 Å². The van der Waals surface area contributed by atoms with Crippen LogP contribution in [-0.4, -0.2) is 27.5 Å². The number of aryl methyl sites for hydroxylation is 2. The first kappa shape index (κ1) is 16.6. The number of pyridine rings is 1. The number of nitrogens with one attached hydrogen (secondary N) is 3. The summed E-state index contributed by atoms with van der Waals surface area (Å²) in [5.41, 5.74) is 4.49. The van der Waals surface area contributed by atoms with E-state index >= 15 is 0 Å². The summed E-state index contributed by atoms with van der Waals surface area (Å²) in [7, 11) is 0. The Hall–Kier alpha value is -3.22. The third-order valence-corrected chi connectivity index (χ3v) is 3.77. The Morgan fingerprint density at radius 3 is 2.60 bits per heavy atom. The molecule has 25 heavy (non-hydrogen) atoms. The Kier molecular flexibility index (Phi) is 4.74. The summed E-state index contributed by atoms with van der Waals surface area (Å²) in [6, 6.07) is 9.28. The number of carbonyl (C=O) groups excluding carboxylic acids is 1. The minimum Gasteiger partial charge on any atom is -0.339 e. The fraction of sp³-hybridized carbons (Fsp3) is 0.222. The Bertz CT molecular complexity index is 925. The highest BCUT2D eigenvalue weighted by molar-refractivity contribution is 5.89. The molecule has 3 aromatic rings. The van der Waals surface area contributed by atoms with Gasteiger partial charge in [-0.05, 0) is 56.2 Å². The van der Waals surface area contributed by atoms with Crippen LogP contribution in [0.5, 0.6) is 0 Å². The third-order valence-electron chi connectivity index (χ3n) is 3.77. The zero-order chi connectivity index (χ0) is 17.8. The predicted octanol–water partition coefficient (Wildman–Crippen LogP) is 3.53. The average Bonchev–Trinajstić information content (AvgIpc) is 2.58. The molecule has 0 atom stereocenters. The SMILES string of the molecule is CCNC(=O)Nc1ccc2ncc(Nc3ccc(C)c(C)c3)nc2n1. The maximum Gasteiger partial charge on any atom is 0.320 e. The van der Waals surface area contributed by atoms with Gasteiger partial charge < -0.3 is 10.6 Å². The van der Waals surface area contributed by atoms with Gasteiger partial charge in [-0.1, -0.05) is 6.07 Å². The minimum absolute atomic E-state index is 0.299. The number of urea groups is 1. The number of aromatic nitrogens is 3. The summed E-state index contributed by atoms with van der Waals surface area (Å²) in [5, 5.41) is 8.56. The van der Waals surface area contributed by atoms with Gasteiger partial charge in [0.1, 0.15) is 11.3 Å². The monoisotopic (exact) mass is 336 g/mol. The molecule has 0 aliphatic carbocycles. The number of carbonyl (C=O) groups is 1. The molecule has 7 nitrogen and oxygen atoms in total. The molecule has 0 bridgehead atoms. The maximum absolute atomic E-state index is 11.6. The van der Waals surface area contributed by atoms with Crippen LogP contribution in [0.2, 0.25) is 0 Å². The van der Waals surface area contributed by atoms with Gasteiger partial charge in [-0.3, -0.25) is 5.32 Å². The minimum atomic E-state index is -0.299. The number of benzene rings is 1. The predicted molar refractivity (Wildman–Crippen MR) is 99.2 cm³/mol. The van der Waals surface area contributed by atoms with Gasteiger partial charge in [-0.25, -0.2) is 19.7 Å². The van der Waals surface area contributed by atoms with Crippen LogP contribution in [0.25, 0.3) is 11.2 Å². The summed E-state index contributed by atoms with van der Waals surface area (Å²) < 4.78 is 0. The van der Waals surface area contributed by atoms with Crippen molar-refractivity contribution in [2.24, 2.45) is 0 Å². The molecule has 0 radical (unpaired) electrons. The van der Waals surface area contributed by atoms with Crippen molar-refractivity contribution in [1.29, 1.82) is 0 Å². The van der Waals surface area contributed by atoms with Gasteiger partial charge >= 0.3 is 6.03 Å². The molecule has 2 amide bonds. The van der Waals surface area contributed by atoms with Crippen LogP contribution < -0.4 is 16.0 Å². The molecule has 1 aromatic carbocycles. The van der Waals surface area contributed by atoms with Gasteiger partial charge in [0.2, 0.25) is 0 Å². The second-order valence-corrected chi connectivity index (χ2v) is 5.70. The van der Waals surface area contributed by atoms with Crippen molar-refractivity contribution in [2.75, 3.05) is 17.2 Å². The number of amides is 2. The van der Waals surface area contributed by atoms with Crippen LogP contribution in [0.1, 0.15) is 18.1 Å². The highest BCUT2D eigenvalue weighted by Crippen LogP contribution is 2.19. The molecule has 0 fully saturated rings. The van der Waals surface area contributed by atoms with Gasteiger partial charge in [0.15, 0.2) is 11.5 Å². The second-order valence-electron chi connectivity index (χ2n) is 5.70. The summed E-state index contributed by atoms with van der Waals surface area (Å²) >= 11 is 0. The van der Waals surface area contributed by atoms with E-state index in [0.717, 1.165) is 5.69 Å². The lowest BCUT2D eigenvalue weighted by atomic mass is 10.1. The molecule has 7 heteroatoms. The number of anilines is 3. The van der Waals surface area contributed by atoms with Crippen LogP contribution >= 0.6 is 0 Å². The lowest BCUT2D eigenvalue weighted by Gasteiger charge is -2.09. The Morgan fingerprint density at radius 1 is 1.04 bits per heavy atom. The molecular weight excluding hydrogens is 316 g/mol. The summed E-state index contributed by atoms with van der Waals surface area (Å²) in [4.78, 5) is 24.8. The van der Waals surface area contributed by atoms with E-state index in [1.54, 1.807) is 18.3 Å². The maximum atomic E-state index is 11.6. The molecule has 3 rings (SSSR count). The smallest absolute Gasteiger partial charge is 0.320 e. The number of fused-ring (bicyclic) bond motifs is 1. The molecule has 0 unspecified atom stereocenters. The lowest BCUT2D eigenvalue weighted by molar-refractivity contribution is 0.252. The Balaban J connectivity index is 1.84. The van der Waals surface area contributed by atoms with Gasteiger partial charge in [0.25, 0.3) is 0 Å². The topological polar surface area (TPSA) is 91.8 Å². The highest BCUT2D eigenvalue weighted by Gasteiger charge is 2.06. The first-order chi connectivity index (χ1) is 12.0. The largest absolute Gasteiger partial charge is 0.339 e. The Morgan fingerprint density at radius 2 is 1.84 bits per heavy atom. The van der Waals surface area contributed by atoms with Crippen molar-refractivity contribution in [3.05, 3.63) is 47.7 Å². The van der Waals surface area contributed by atoms with Crippen LogP contribution in [0.15, 0.2) is 36.5 Å². The molecular formula is C18H20N6O. The average molecular weight is 336 g/mol. The first-order valence-electron chi connectivity index (χ1n) is 8.08. The highest BCUT2D eigenvalue weighted by atomic mass is 16.2. The number of hydrogen-bond donors (Lipinski definition) is 3. The standard InChI is InChI=1S/C18H20N6O/c1-4-19-18(25)24-15-8-7-14-17(22-15)23-16(10-20-14)21-13-6-5-11(2)12(3)9-13/h5-10H,4H2,1-3H3,(H3,19,21,22,23,24,25). The van der Waals surface area contributed by atoms with Gasteiger partial charge in [-0.2, -0.15) is 0 Å². The van der Waals surface area contributed by atoms with E-state index in [0.29, 0.717) is 29.3 Å². The van der Waals surface area contributed by atoms with E-state index < -0.39 is 0 Å². The van der Waals surface area contributed by atoms with E-state index in [1.165, 1.54) is 11.1 Å². The molecule has 2 heterocycles. The molecule has 0 saturated carbocycles. The van der Waals surface area contributed by atoms with E-state index in [4.69, 9.17) is 0 Å². The van der Waals surface area contributed by atoms with Crippen LogP contribution in [-0.2, 0) is 0 Å². The Labute approximate surface area is 145 Å². The normalized spacial score (nSPS) is 10.5. The fourth-order valence-electron chi connectivity index (χ4n) is 2.32. The van der Waals surface area contributed by atoms with Crippen molar-refractivity contribution >= 4 is 34.5 Å². The van der Waals surface area contributed by atoms with Crippen molar-refractivity contribution < 1.29 is 4.79 Å². The van der Waals surface area contributed by atoms with E-state index in [1.807, 2.05) is 13.0 Å². The first-order valence-corrected chi connectivity index (χ1v) is 8.08. The molecule has 128 valence electrons. The number of nitrogens with zero attached hydrogens (tertiary/aromatic N) is 3. The molecule has 0 saturated heterocycles. The van der Waals surface area contributed by atoms with Crippen molar-refractivity contribution in [2.45, 2.75) is 20.8 Å². The quantitative estimate of drug-likeness (QED) is 0.678. The molecule has 2 aromatic heterocycles. The lowest BCUT2D eigenvalue weighted by Crippen LogP contribution is -2.28. The van der Waals surface area contributed by atoms with Crippen molar-refractivity contribution in [3.8, 4) is 0 Å². The van der Waals surface area contributed by atoms with Crippen molar-refractivity contribution in [1.82, 2.24) is 20.3 Å². The van der Waals surface area contributed by atoms with E-state index in [9.17, 15) is 4.79 Å². The van der Waals surface area contributed by atoms with E-state index in [-0.39, 0.29) is 6.03 Å². The molecule has 3 N–H and O–H groups in total. The summed E-state index contributed by atoms with van der Waals surface area (Å²) in [5.74, 6) is 1.02. The van der Waals surface area contributed by atoms with Crippen LogP contribution in [0.4, 0.5) is 22.1 Å². The third kappa shape index (κ3) is 4.00. The molecule has 0 spiro atoms. The zero-order valence-electron chi connectivity index (χ0n) is 14.4. The van der Waals surface area contributed by atoms with Gasteiger partial charge in [-0.15, -0.1) is 0 Å². The fourth-order valence-corrected chi connectivity index (χ4v) is 2.32. The second kappa shape index (κ2) is 7.12. The zero-order valence-corrected chi connectivity index (χ0v) is 14.4. The summed E-state index contributed by atoms with van der Waals surface area (Å²) in [6.45, 7) is 6.53. The number of rotatable bonds is 4.